The molecule has 128 valence electrons. The van der Waals surface area contributed by atoms with Gasteiger partial charge < -0.3 is 9.84 Å². The summed E-state index contributed by atoms with van der Waals surface area (Å²) in [6.45, 7) is -0.228. The second-order valence-corrected chi connectivity index (χ2v) is 8.49. The van der Waals surface area contributed by atoms with Gasteiger partial charge in [-0.05, 0) is 35.9 Å². The average Bonchev–Trinajstić information content (AvgIpc) is 2.96. The molecule has 0 bridgehead atoms. The van der Waals surface area contributed by atoms with Gasteiger partial charge in [0.1, 0.15) is 12.4 Å². The van der Waals surface area contributed by atoms with E-state index in [0.717, 1.165) is 31.8 Å². The van der Waals surface area contributed by atoms with E-state index >= 15 is 0 Å². The molecule has 2 aromatic carbocycles. The Labute approximate surface area is 150 Å². The summed E-state index contributed by atoms with van der Waals surface area (Å²) < 4.78 is 29.6. The predicted molar refractivity (Wildman–Crippen MR) is 101 cm³/mol. The van der Waals surface area contributed by atoms with Gasteiger partial charge in [0.2, 0.25) is 0 Å². The summed E-state index contributed by atoms with van der Waals surface area (Å²) in [4.78, 5) is 1.21. The maximum atomic E-state index is 11.6. The number of rotatable bonds is 3. The highest BCUT2D eigenvalue weighted by molar-refractivity contribution is 7.90. The Morgan fingerprint density at radius 2 is 1.88 bits per heavy atom. The zero-order chi connectivity index (χ0) is 18.0. The van der Waals surface area contributed by atoms with Gasteiger partial charge in [0.05, 0.1) is 22.4 Å². The third kappa shape index (κ3) is 3.54. The monoisotopic (exact) mass is 372 g/mol. The molecule has 0 spiro atoms. The van der Waals surface area contributed by atoms with Crippen molar-refractivity contribution < 1.29 is 18.3 Å². The number of hydrogen-bond donors (Lipinski definition) is 1. The summed E-state index contributed by atoms with van der Waals surface area (Å²) in [5.41, 5.74) is 1.69. The maximum Gasteiger partial charge on any atom is 0.175 e. The fourth-order valence-corrected chi connectivity index (χ4v) is 4.29. The zero-order valence-electron chi connectivity index (χ0n) is 13.7. The third-order valence-electron chi connectivity index (χ3n) is 3.73. The molecular weight excluding hydrogens is 356 g/mol. The van der Waals surface area contributed by atoms with E-state index in [4.69, 9.17) is 9.84 Å². The Morgan fingerprint density at radius 3 is 2.48 bits per heavy atom. The zero-order valence-corrected chi connectivity index (χ0v) is 15.4. The molecule has 1 heterocycles. The first-order valence-electron chi connectivity index (χ1n) is 7.45. The molecule has 1 N–H and O–H groups in total. The van der Waals surface area contributed by atoms with Crippen molar-refractivity contribution in [3.8, 4) is 28.0 Å². The molecular formula is C19H16O4S2. The van der Waals surface area contributed by atoms with Gasteiger partial charge in [-0.1, -0.05) is 24.0 Å². The summed E-state index contributed by atoms with van der Waals surface area (Å²) >= 11 is 1.57. The van der Waals surface area contributed by atoms with Crippen LogP contribution in [-0.4, -0.2) is 33.5 Å². The van der Waals surface area contributed by atoms with E-state index in [9.17, 15) is 8.42 Å². The van der Waals surface area contributed by atoms with Crippen molar-refractivity contribution in [1.29, 1.82) is 0 Å². The minimum absolute atomic E-state index is 0.228. The van der Waals surface area contributed by atoms with Crippen LogP contribution in [0.4, 0.5) is 0 Å². The van der Waals surface area contributed by atoms with Crippen molar-refractivity contribution >= 4 is 31.3 Å². The quantitative estimate of drug-likeness (QED) is 0.717. The van der Waals surface area contributed by atoms with Crippen LogP contribution in [0.15, 0.2) is 47.4 Å². The summed E-state index contributed by atoms with van der Waals surface area (Å²) in [7, 11) is -1.63. The Morgan fingerprint density at radius 1 is 1.16 bits per heavy atom. The van der Waals surface area contributed by atoms with Crippen LogP contribution < -0.4 is 4.74 Å². The Bertz CT molecular complexity index is 1080. The van der Waals surface area contributed by atoms with Gasteiger partial charge in [-0.3, -0.25) is 0 Å². The molecule has 3 rings (SSSR count). The summed E-state index contributed by atoms with van der Waals surface area (Å²) in [6.07, 6.45) is 1.19. The molecule has 0 aliphatic rings. The molecule has 0 aliphatic heterocycles. The molecule has 25 heavy (non-hydrogen) atoms. The van der Waals surface area contributed by atoms with E-state index in [1.807, 2.05) is 18.2 Å². The highest BCUT2D eigenvalue weighted by atomic mass is 32.2. The summed E-state index contributed by atoms with van der Waals surface area (Å²) in [5, 5.41) is 10.0. The first kappa shape index (κ1) is 17.5. The number of aliphatic hydroxyl groups is 1. The maximum absolute atomic E-state index is 11.6. The van der Waals surface area contributed by atoms with Gasteiger partial charge in [-0.15, -0.1) is 11.3 Å². The van der Waals surface area contributed by atoms with Crippen molar-refractivity contribution in [3.05, 3.63) is 48.0 Å². The molecule has 6 heteroatoms. The fourth-order valence-electron chi connectivity index (χ4n) is 2.51. The minimum Gasteiger partial charge on any atom is -0.497 e. The van der Waals surface area contributed by atoms with Crippen molar-refractivity contribution in [3.63, 3.8) is 0 Å². The number of benzene rings is 2. The van der Waals surface area contributed by atoms with Crippen LogP contribution in [0.25, 0.3) is 20.5 Å². The van der Waals surface area contributed by atoms with Crippen LogP contribution in [-0.2, 0) is 9.84 Å². The summed E-state index contributed by atoms with van der Waals surface area (Å²) in [6, 6.07) is 12.5. The lowest BCUT2D eigenvalue weighted by atomic mass is 10.1. The van der Waals surface area contributed by atoms with E-state index < -0.39 is 9.84 Å². The largest absolute Gasteiger partial charge is 0.497 e. The smallest absolute Gasteiger partial charge is 0.175 e. The number of thiophene rings is 1. The molecule has 0 saturated heterocycles. The molecule has 0 unspecified atom stereocenters. The van der Waals surface area contributed by atoms with Crippen LogP contribution >= 0.6 is 11.3 Å². The Balaban J connectivity index is 2.21. The standard InChI is InChI=1S/C19H16O4S2/c1-23-14-7-10-18-17(12-14)16(4-3-11-20)19(24-18)13-5-8-15(9-6-13)25(2,21)22/h5-10,12,20H,11H2,1-2H3. The van der Waals surface area contributed by atoms with Gasteiger partial charge in [0, 0.05) is 16.3 Å². The second-order valence-electron chi connectivity index (χ2n) is 5.42. The molecule has 1 aromatic heterocycles. The minimum atomic E-state index is -3.23. The number of hydrogen-bond acceptors (Lipinski definition) is 5. The van der Waals surface area contributed by atoms with E-state index in [-0.39, 0.29) is 11.5 Å². The van der Waals surface area contributed by atoms with E-state index in [1.54, 1.807) is 42.7 Å². The molecule has 0 fully saturated rings. The number of methoxy groups -OCH3 is 1. The fraction of sp³-hybridized carbons (Fsp3) is 0.158. The van der Waals surface area contributed by atoms with Gasteiger partial charge in [0.15, 0.2) is 9.84 Å². The number of fused-ring (bicyclic) bond motifs is 1. The third-order valence-corrected chi connectivity index (χ3v) is 6.08. The highest BCUT2D eigenvalue weighted by Crippen LogP contribution is 2.39. The highest BCUT2D eigenvalue weighted by Gasteiger charge is 2.14. The topological polar surface area (TPSA) is 63.6 Å². The molecule has 4 nitrogen and oxygen atoms in total. The van der Waals surface area contributed by atoms with Crippen LogP contribution in [0, 0.1) is 11.8 Å². The van der Waals surface area contributed by atoms with Crippen LogP contribution in [0.1, 0.15) is 5.56 Å². The van der Waals surface area contributed by atoms with Crippen molar-refractivity contribution in [2.75, 3.05) is 20.0 Å². The SMILES string of the molecule is COc1ccc2sc(-c3ccc(S(C)(=O)=O)cc3)c(C#CCO)c2c1. The van der Waals surface area contributed by atoms with Crippen LogP contribution in [0.2, 0.25) is 0 Å². The van der Waals surface area contributed by atoms with Crippen molar-refractivity contribution in [2.45, 2.75) is 4.90 Å². The van der Waals surface area contributed by atoms with Gasteiger partial charge in [0.25, 0.3) is 0 Å². The first-order chi connectivity index (χ1) is 11.9. The normalized spacial score (nSPS) is 11.2. The van der Waals surface area contributed by atoms with Crippen molar-refractivity contribution in [1.82, 2.24) is 0 Å². The van der Waals surface area contributed by atoms with Crippen LogP contribution in [0.3, 0.4) is 0 Å². The predicted octanol–water partition coefficient (Wildman–Crippen LogP) is 3.32. The lowest BCUT2D eigenvalue weighted by Crippen LogP contribution is -1.96. The average molecular weight is 372 g/mol. The molecule has 0 saturated carbocycles. The molecule has 0 atom stereocenters. The molecule has 0 aliphatic carbocycles. The van der Waals surface area contributed by atoms with Gasteiger partial charge in [-0.25, -0.2) is 8.42 Å². The number of aliphatic hydroxyl groups excluding tert-OH is 1. The van der Waals surface area contributed by atoms with Gasteiger partial charge in [-0.2, -0.15) is 0 Å². The second kappa shape index (κ2) is 6.89. The van der Waals surface area contributed by atoms with Crippen molar-refractivity contribution in [2.24, 2.45) is 0 Å². The van der Waals surface area contributed by atoms with E-state index in [2.05, 4.69) is 11.8 Å². The van der Waals surface area contributed by atoms with Crippen LogP contribution in [0.5, 0.6) is 5.75 Å². The lowest BCUT2D eigenvalue weighted by molar-refractivity contribution is 0.350. The lowest BCUT2D eigenvalue weighted by Gasteiger charge is -2.02. The number of ether oxygens (including phenoxy) is 1. The molecule has 0 radical (unpaired) electrons. The van der Waals surface area contributed by atoms with E-state index in [0.29, 0.717) is 0 Å². The summed E-state index contributed by atoms with van der Waals surface area (Å²) in [5.74, 6) is 6.45. The van der Waals surface area contributed by atoms with Gasteiger partial charge >= 0.3 is 0 Å². The Hall–Kier alpha value is -2.33. The molecule has 3 aromatic rings. The van der Waals surface area contributed by atoms with E-state index in [1.165, 1.54) is 6.26 Å². The molecule has 0 amide bonds. The Kier molecular flexibility index (Phi) is 4.82. The number of sulfone groups is 1. The first-order valence-corrected chi connectivity index (χ1v) is 10.2.